The van der Waals surface area contributed by atoms with Crippen LogP contribution in [-0.2, 0) is 23.9 Å². The van der Waals surface area contributed by atoms with Crippen LogP contribution in [0.2, 0.25) is 0 Å². The maximum Gasteiger partial charge on any atom is 0.490 e. The molecule has 0 aromatic carbocycles. The standard InChI is InChI=1S/C21H37N3O8.C2HF3O2/c1-4-13(26)15-16(22)17(23-11(3)25)18(32-21(15,19(28)29)14(27)5-2)31-20(30)24-12-9-7-6-8-10-12;3-2(4,5)1(6)7/h12-18,26-27H,4-10,22H2,1-3H3,(H,23,25)(H,24,30)(H,28,29);(H,6,7)/t13?,14?,15?,16-,17+,18-,21?;/m0./s1. The fourth-order valence-corrected chi connectivity index (χ4v) is 4.82. The Hall–Kier alpha value is -2.69. The number of alkyl halides is 3. The Bertz CT molecular complexity index is 856. The van der Waals surface area contributed by atoms with Crippen LogP contribution in [-0.4, -0.2) is 92.8 Å². The predicted molar refractivity (Wildman–Crippen MR) is 127 cm³/mol. The zero-order chi connectivity index (χ0) is 30.1. The Balaban J connectivity index is 0.000000956. The molecular formula is C23H38F3N3O10. The fraction of sp³-hybridized carbons (Fsp3) is 0.826. The molecule has 0 aromatic rings. The third-order valence-corrected chi connectivity index (χ3v) is 6.74. The van der Waals surface area contributed by atoms with Crippen molar-refractivity contribution >= 4 is 23.9 Å². The normalized spacial score (nSPS) is 29.2. The lowest BCUT2D eigenvalue weighted by Crippen LogP contribution is -2.76. The topological polar surface area (TPSA) is 218 Å². The molecule has 7 atom stereocenters. The summed E-state index contributed by atoms with van der Waals surface area (Å²) in [6.45, 7) is 4.43. The van der Waals surface area contributed by atoms with E-state index in [0.29, 0.717) is 0 Å². The molecule has 0 aromatic heterocycles. The van der Waals surface area contributed by atoms with E-state index in [-0.39, 0.29) is 18.9 Å². The van der Waals surface area contributed by atoms with Gasteiger partial charge in [-0.3, -0.25) is 4.79 Å². The second-order valence-corrected chi connectivity index (χ2v) is 9.50. The molecule has 2 aliphatic rings. The molecular weight excluding hydrogens is 535 g/mol. The Kier molecular flexibility index (Phi) is 12.9. The summed E-state index contributed by atoms with van der Waals surface area (Å²) >= 11 is 0. The number of ether oxygens (including phenoxy) is 2. The largest absolute Gasteiger partial charge is 0.490 e. The first-order chi connectivity index (χ1) is 18.0. The molecule has 13 nitrogen and oxygen atoms in total. The van der Waals surface area contributed by atoms with Gasteiger partial charge in [0, 0.05) is 24.9 Å². The van der Waals surface area contributed by atoms with Gasteiger partial charge >= 0.3 is 24.2 Å². The first-order valence-corrected chi connectivity index (χ1v) is 12.6. The van der Waals surface area contributed by atoms with Crippen LogP contribution in [0.3, 0.4) is 0 Å². The number of carbonyl (C=O) groups is 4. The van der Waals surface area contributed by atoms with Gasteiger partial charge < -0.3 is 46.3 Å². The molecule has 0 spiro atoms. The van der Waals surface area contributed by atoms with Crippen molar-refractivity contribution in [3.05, 3.63) is 0 Å². The minimum Gasteiger partial charge on any atom is -0.479 e. The summed E-state index contributed by atoms with van der Waals surface area (Å²) in [6, 6.07) is -2.40. The van der Waals surface area contributed by atoms with Gasteiger partial charge in [-0.1, -0.05) is 33.1 Å². The summed E-state index contributed by atoms with van der Waals surface area (Å²) in [5.74, 6) is -6.08. The van der Waals surface area contributed by atoms with Crippen molar-refractivity contribution < 1.29 is 62.2 Å². The number of carboxylic acids is 2. The summed E-state index contributed by atoms with van der Waals surface area (Å²) in [5.41, 5.74) is 4.02. The lowest BCUT2D eigenvalue weighted by Gasteiger charge is -2.52. The maximum absolute atomic E-state index is 12.6. The molecule has 39 heavy (non-hydrogen) atoms. The van der Waals surface area contributed by atoms with Crippen LogP contribution in [0.25, 0.3) is 0 Å². The van der Waals surface area contributed by atoms with E-state index < -0.39 is 72.2 Å². The molecule has 4 unspecified atom stereocenters. The predicted octanol–water partition coefficient (Wildman–Crippen LogP) is 0.848. The van der Waals surface area contributed by atoms with Crippen LogP contribution in [0.1, 0.15) is 65.7 Å². The molecule has 1 saturated heterocycles. The highest BCUT2D eigenvalue weighted by atomic mass is 19.4. The number of nitrogens with two attached hydrogens (primary N) is 1. The van der Waals surface area contributed by atoms with Crippen LogP contribution in [0.15, 0.2) is 0 Å². The molecule has 2 amide bonds. The SMILES string of the molecule is CCC(O)C1[C@H](N)[C@@H](NC(C)=O)[C@@H](OC(=O)NC2CCCCC2)OC1(C(=O)O)C(O)CC.O=C(O)C(F)(F)F. The molecule has 1 aliphatic carbocycles. The van der Waals surface area contributed by atoms with Gasteiger partial charge in [0.1, 0.15) is 6.04 Å². The number of carbonyl (C=O) groups excluding carboxylic acids is 2. The highest BCUT2D eigenvalue weighted by Gasteiger charge is 2.64. The summed E-state index contributed by atoms with van der Waals surface area (Å²) in [7, 11) is 0. The highest BCUT2D eigenvalue weighted by Crippen LogP contribution is 2.41. The molecule has 2 fully saturated rings. The zero-order valence-corrected chi connectivity index (χ0v) is 21.9. The Morgan fingerprint density at radius 3 is 2.00 bits per heavy atom. The number of rotatable bonds is 8. The first-order valence-electron chi connectivity index (χ1n) is 12.6. The van der Waals surface area contributed by atoms with Crippen molar-refractivity contribution in [2.45, 2.75) is 114 Å². The van der Waals surface area contributed by atoms with Crippen molar-refractivity contribution in [2.24, 2.45) is 11.7 Å². The second kappa shape index (κ2) is 14.6. The van der Waals surface area contributed by atoms with Gasteiger partial charge in [-0.2, -0.15) is 13.2 Å². The van der Waals surface area contributed by atoms with Crippen molar-refractivity contribution in [2.75, 3.05) is 0 Å². The first kappa shape index (κ1) is 34.3. The third-order valence-electron chi connectivity index (χ3n) is 6.74. The van der Waals surface area contributed by atoms with E-state index in [0.717, 1.165) is 32.1 Å². The smallest absolute Gasteiger partial charge is 0.479 e. The monoisotopic (exact) mass is 573 g/mol. The number of carboxylic acid groups (broad SMARTS) is 2. The minimum absolute atomic E-state index is 0.0161. The number of amides is 2. The van der Waals surface area contributed by atoms with Gasteiger partial charge in [0.05, 0.1) is 12.2 Å². The molecule has 0 radical (unpaired) electrons. The highest BCUT2D eigenvalue weighted by molar-refractivity contribution is 5.80. The van der Waals surface area contributed by atoms with Gasteiger partial charge in [-0.15, -0.1) is 0 Å². The van der Waals surface area contributed by atoms with Gasteiger partial charge in [0.2, 0.25) is 17.8 Å². The number of hydrogen-bond donors (Lipinski definition) is 7. The van der Waals surface area contributed by atoms with E-state index in [1.165, 1.54) is 6.92 Å². The van der Waals surface area contributed by atoms with Crippen molar-refractivity contribution in [1.82, 2.24) is 10.6 Å². The number of aliphatic hydroxyl groups is 2. The van der Waals surface area contributed by atoms with Crippen LogP contribution in [0, 0.1) is 5.92 Å². The van der Waals surface area contributed by atoms with Gasteiger partial charge in [0.25, 0.3) is 0 Å². The zero-order valence-electron chi connectivity index (χ0n) is 21.9. The van der Waals surface area contributed by atoms with E-state index in [2.05, 4.69) is 10.6 Å². The lowest BCUT2D eigenvalue weighted by atomic mass is 9.69. The number of aliphatic hydroxyl groups excluding tert-OH is 2. The van der Waals surface area contributed by atoms with Crippen LogP contribution in [0.5, 0.6) is 0 Å². The van der Waals surface area contributed by atoms with Gasteiger partial charge in [-0.25, -0.2) is 14.4 Å². The molecule has 8 N–H and O–H groups in total. The Morgan fingerprint density at radius 1 is 1.05 bits per heavy atom. The van der Waals surface area contributed by atoms with E-state index in [4.69, 9.17) is 25.1 Å². The second-order valence-electron chi connectivity index (χ2n) is 9.50. The van der Waals surface area contributed by atoms with E-state index in [9.17, 15) is 42.9 Å². The number of aliphatic carboxylic acids is 2. The summed E-state index contributed by atoms with van der Waals surface area (Å²) < 4.78 is 42.9. The van der Waals surface area contributed by atoms with Gasteiger partial charge in [0.15, 0.2) is 0 Å². The molecule has 226 valence electrons. The van der Waals surface area contributed by atoms with Crippen LogP contribution in [0.4, 0.5) is 18.0 Å². The lowest BCUT2D eigenvalue weighted by molar-refractivity contribution is -0.288. The van der Waals surface area contributed by atoms with Gasteiger partial charge in [-0.05, 0) is 25.7 Å². The number of halogens is 3. The summed E-state index contributed by atoms with van der Waals surface area (Å²) in [6.07, 6.45) is -5.54. The van der Waals surface area contributed by atoms with Crippen molar-refractivity contribution in [1.29, 1.82) is 0 Å². The molecule has 1 saturated carbocycles. The third kappa shape index (κ3) is 8.91. The average molecular weight is 574 g/mol. The molecule has 1 aliphatic heterocycles. The minimum atomic E-state index is -5.08. The number of nitrogens with one attached hydrogen (secondary N) is 2. The fourth-order valence-electron chi connectivity index (χ4n) is 4.82. The van der Waals surface area contributed by atoms with E-state index in [1.54, 1.807) is 13.8 Å². The summed E-state index contributed by atoms with van der Waals surface area (Å²) in [4.78, 5) is 45.7. The molecule has 1 heterocycles. The Labute approximate surface area is 223 Å². The summed E-state index contributed by atoms with van der Waals surface area (Å²) in [5, 5.41) is 43.9. The quantitative estimate of drug-likeness (QED) is 0.216. The average Bonchev–Trinajstić information content (AvgIpc) is 2.85. The number of hydrogen-bond acceptors (Lipinski definition) is 9. The molecule has 16 heteroatoms. The molecule has 0 bridgehead atoms. The Morgan fingerprint density at radius 2 is 1.59 bits per heavy atom. The van der Waals surface area contributed by atoms with Crippen molar-refractivity contribution in [3.8, 4) is 0 Å². The van der Waals surface area contributed by atoms with E-state index >= 15 is 0 Å². The van der Waals surface area contributed by atoms with Crippen LogP contribution < -0.4 is 16.4 Å². The van der Waals surface area contributed by atoms with Crippen LogP contribution >= 0.6 is 0 Å². The van der Waals surface area contributed by atoms with Crippen molar-refractivity contribution in [3.63, 3.8) is 0 Å². The maximum atomic E-state index is 12.6. The van der Waals surface area contributed by atoms with E-state index in [1.807, 2.05) is 0 Å². The molecule has 2 rings (SSSR count). The number of alkyl carbamates (subject to hydrolysis) is 1.